The van der Waals surface area contributed by atoms with Crippen molar-refractivity contribution < 1.29 is 37.0 Å². The molecule has 4 rings (SSSR count). The molecule has 0 spiro atoms. The van der Waals surface area contributed by atoms with Gasteiger partial charge >= 0.3 is 12.2 Å². The van der Waals surface area contributed by atoms with Gasteiger partial charge in [0, 0.05) is 5.69 Å². The van der Waals surface area contributed by atoms with Gasteiger partial charge in [0.2, 0.25) is 0 Å². The highest BCUT2D eigenvalue weighted by Gasteiger charge is 2.39. The van der Waals surface area contributed by atoms with Crippen molar-refractivity contribution in [3.63, 3.8) is 0 Å². The lowest BCUT2D eigenvalue weighted by atomic mass is 10.2. The summed E-state index contributed by atoms with van der Waals surface area (Å²) in [4.78, 5) is 36.9. The summed E-state index contributed by atoms with van der Waals surface area (Å²) >= 11 is 0. The van der Waals surface area contributed by atoms with Crippen molar-refractivity contribution in [2.45, 2.75) is 37.4 Å². The number of imide groups is 1. The Kier molecular flexibility index (Phi) is 6.70. The molecule has 0 bridgehead atoms. The van der Waals surface area contributed by atoms with Gasteiger partial charge in [-0.3, -0.25) is 14.4 Å². The van der Waals surface area contributed by atoms with Crippen molar-refractivity contribution in [1.29, 1.82) is 5.26 Å². The van der Waals surface area contributed by atoms with Crippen LogP contribution in [-0.2, 0) is 24.3 Å². The highest BCUT2D eigenvalue weighted by atomic mass is 32.2. The molecule has 2 aliphatic heterocycles. The Morgan fingerprint density at radius 1 is 1.22 bits per heavy atom. The van der Waals surface area contributed by atoms with Gasteiger partial charge in [0.1, 0.15) is 17.5 Å². The number of ether oxygens (including phenoxy) is 3. The standard InChI is InChI=1S/C24H24N4O8S/c1-24(2,3)36-22(30)26-16-7-8-20-19(10-16)28(37(32,33)18-6-4-5-15(9-18)11-25)13-17(35-20)12-27-21(29)14-34-23(27)31/h4-10,17H,12-14H2,1-3H3,(H,26,30)/t17-/m0/s1. The van der Waals surface area contributed by atoms with Gasteiger partial charge < -0.3 is 14.2 Å². The molecule has 1 atom stereocenters. The first-order valence-electron chi connectivity index (χ1n) is 11.2. The van der Waals surface area contributed by atoms with Gasteiger partial charge in [0.15, 0.2) is 6.61 Å². The molecule has 12 nitrogen and oxygen atoms in total. The first kappa shape index (κ1) is 25.8. The van der Waals surface area contributed by atoms with Gasteiger partial charge in [-0.25, -0.2) is 22.9 Å². The van der Waals surface area contributed by atoms with E-state index in [0.717, 1.165) is 9.21 Å². The zero-order valence-electron chi connectivity index (χ0n) is 20.3. The third-order valence-corrected chi connectivity index (χ3v) is 7.09. The number of amides is 3. The monoisotopic (exact) mass is 528 g/mol. The molecule has 3 amide bonds. The van der Waals surface area contributed by atoms with Gasteiger partial charge in [-0.15, -0.1) is 0 Å². The van der Waals surface area contributed by atoms with Gasteiger partial charge in [0.05, 0.1) is 35.3 Å². The number of cyclic esters (lactones) is 1. The van der Waals surface area contributed by atoms with Gasteiger partial charge in [-0.1, -0.05) is 6.07 Å². The topological polar surface area (TPSA) is 155 Å². The molecule has 1 fully saturated rings. The number of carbonyl (C=O) groups excluding carboxylic acids is 3. The van der Waals surface area contributed by atoms with Crippen molar-refractivity contribution >= 4 is 39.5 Å². The second kappa shape index (κ2) is 9.62. The maximum Gasteiger partial charge on any atom is 0.417 e. The van der Waals surface area contributed by atoms with E-state index in [1.54, 1.807) is 20.8 Å². The van der Waals surface area contributed by atoms with E-state index in [2.05, 4.69) is 5.32 Å². The van der Waals surface area contributed by atoms with Crippen LogP contribution in [0, 0.1) is 11.3 Å². The molecule has 2 heterocycles. The van der Waals surface area contributed by atoms with E-state index in [9.17, 15) is 28.1 Å². The Morgan fingerprint density at radius 3 is 2.62 bits per heavy atom. The first-order valence-corrected chi connectivity index (χ1v) is 12.6. The fourth-order valence-corrected chi connectivity index (χ4v) is 5.29. The van der Waals surface area contributed by atoms with Crippen LogP contribution in [0.4, 0.5) is 21.0 Å². The van der Waals surface area contributed by atoms with Crippen LogP contribution in [0.1, 0.15) is 26.3 Å². The molecule has 2 aliphatic rings. The maximum absolute atomic E-state index is 13.7. The first-order chi connectivity index (χ1) is 17.4. The lowest BCUT2D eigenvalue weighted by molar-refractivity contribution is -0.126. The summed E-state index contributed by atoms with van der Waals surface area (Å²) in [5, 5.41) is 11.8. The van der Waals surface area contributed by atoms with Crippen LogP contribution in [-0.4, -0.2) is 62.8 Å². The number of anilines is 2. The summed E-state index contributed by atoms with van der Waals surface area (Å²) in [6.07, 6.45) is -2.49. The SMILES string of the molecule is CC(C)(C)OC(=O)Nc1ccc2c(c1)N(S(=O)(=O)c1cccc(C#N)c1)C[C@H](CN1C(=O)COC1=O)O2. The fourth-order valence-electron chi connectivity index (χ4n) is 3.75. The molecule has 37 heavy (non-hydrogen) atoms. The van der Waals surface area contributed by atoms with E-state index in [4.69, 9.17) is 14.2 Å². The molecule has 2 aromatic rings. The molecule has 0 radical (unpaired) electrons. The number of rotatable bonds is 5. The van der Waals surface area contributed by atoms with Crippen LogP contribution in [0.15, 0.2) is 47.4 Å². The lowest BCUT2D eigenvalue weighted by Crippen LogP contribution is -2.49. The second-order valence-corrected chi connectivity index (χ2v) is 11.1. The molecule has 13 heteroatoms. The Bertz CT molecular complexity index is 1390. The Balaban J connectivity index is 1.71. The third-order valence-electron chi connectivity index (χ3n) is 5.31. The van der Waals surface area contributed by atoms with E-state index in [-0.39, 0.29) is 40.7 Å². The molecule has 2 aromatic carbocycles. The highest BCUT2D eigenvalue weighted by molar-refractivity contribution is 7.92. The van der Waals surface area contributed by atoms with E-state index < -0.39 is 46.4 Å². The number of hydrogen-bond acceptors (Lipinski definition) is 9. The molecule has 0 saturated carbocycles. The number of sulfonamides is 1. The minimum absolute atomic E-state index is 0.113. The van der Waals surface area contributed by atoms with Gasteiger partial charge in [-0.2, -0.15) is 5.26 Å². The predicted octanol–water partition coefficient (Wildman–Crippen LogP) is 2.84. The third kappa shape index (κ3) is 5.59. The van der Waals surface area contributed by atoms with Crippen molar-refractivity contribution in [1.82, 2.24) is 4.90 Å². The molecule has 0 aliphatic carbocycles. The Morgan fingerprint density at radius 2 is 1.97 bits per heavy atom. The Hall–Kier alpha value is -4.31. The van der Waals surface area contributed by atoms with Crippen molar-refractivity contribution in [2.24, 2.45) is 0 Å². The van der Waals surface area contributed by atoms with Gasteiger partial charge in [-0.05, 0) is 57.2 Å². The quantitative estimate of drug-likeness (QED) is 0.616. The van der Waals surface area contributed by atoms with E-state index >= 15 is 0 Å². The van der Waals surface area contributed by atoms with E-state index in [0.29, 0.717) is 0 Å². The molecule has 1 N–H and O–H groups in total. The number of fused-ring (bicyclic) bond motifs is 1. The number of benzene rings is 2. The molecule has 1 saturated heterocycles. The average molecular weight is 529 g/mol. The van der Waals surface area contributed by atoms with Crippen LogP contribution in [0.3, 0.4) is 0 Å². The summed E-state index contributed by atoms with van der Waals surface area (Å²) in [6.45, 7) is 4.22. The molecule has 0 aromatic heterocycles. The van der Waals surface area contributed by atoms with Crippen molar-refractivity contribution in [3.8, 4) is 11.8 Å². The normalized spacial score (nSPS) is 17.4. The number of carbonyl (C=O) groups is 3. The number of nitrogens with one attached hydrogen (secondary N) is 1. The molecular formula is C24H24N4O8S. The minimum Gasteiger partial charge on any atom is -0.484 e. The van der Waals surface area contributed by atoms with E-state index in [1.807, 2.05) is 6.07 Å². The summed E-state index contributed by atoms with van der Waals surface area (Å²) in [7, 11) is -4.24. The van der Waals surface area contributed by atoms with E-state index in [1.165, 1.54) is 42.5 Å². The van der Waals surface area contributed by atoms with Gasteiger partial charge in [0.25, 0.3) is 15.9 Å². The lowest BCUT2D eigenvalue weighted by Gasteiger charge is -2.36. The number of hydrogen-bond donors (Lipinski definition) is 1. The summed E-state index contributed by atoms with van der Waals surface area (Å²) in [5.74, 6) is -0.418. The van der Waals surface area contributed by atoms with Crippen LogP contribution < -0.4 is 14.4 Å². The molecular weight excluding hydrogens is 504 g/mol. The fraction of sp³-hybridized carbons (Fsp3) is 0.333. The van der Waals surface area contributed by atoms with Crippen molar-refractivity contribution in [2.75, 3.05) is 29.3 Å². The average Bonchev–Trinajstić information content (AvgIpc) is 3.14. The van der Waals surface area contributed by atoms with Crippen LogP contribution in [0.25, 0.3) is 0 Å². The predicted molar refractivity (Wildman–Crippen MR) is 129 cm³/mol. The summed E-state index contributed by atoms with van der Waals surface area (Å²) in [5.41, 5.74) is -0.233. The Labute approximate surface area is 213 Å². The zero-order valence-corrected chi connectivity index (χ0v) is 21.1. The molecule has 194 valence electrons. The highest BCUT2D eigenvalue weighted by Crippen LogP contribution is 2.39. The largest absolute Gasteiger partial charge is 0.484 e. The summed E-state index contributed by atoms with van der Waals surface area (Å²) in [6, 6.07) is 11.8. The van der Waals surface area contributed by atoms with Crippen LogP contribution in [0.5, 0.6) is 5.75 Å². The summed E-state index contributed by atoms with van der Waals surface area (Å²) < 4.78 is 44.4. The maximum atomic E-state index is 13.7. The number of nitriles is 1. The zero-order chi connectivity index (χ0) is 27.0. The van der Waals surface area contributed by atoms with Crippen LogP contribution in [0.2, 0.25) is 0 Å². The molecule has 0 unspecified atom stereocenters. The van der Waals surface area contributed by atoms with Crippen molar-refractivity contribution in [3.05, 3.63) is 48.0 Å². The number of nitrogens with zero attached hydrogens (tertiary/aromatic N) is 3. The van der Waals surface area contributed by atoms with Crippen LogP contribution >= 0.6 is 0 Å². The smallest absolute Gasteiger partial charge is 0.417 e. The second-order valence-electron chi connectivity index (χ2n) is 9.28. The minimum atomic E-state index is -4.24.